The predicted octanol–water partition coefficient (Wildman–Crippen LogP) is 4.67. The number of hydrogen-bond acceptors (Lipinski definition) is 6. The minimum atomic E-state index is -0.0557. The lowest BCUT2D eigenvalue weighted by Crippen LogP contribution is -2.19. The minimum Gasteiger partial charge on any atom is -0.497 e. The molecule has 196 valence electrons. The summed E-state index contributed by atoms with van der Waals surface area (Å²) in [6, 6.07) is 11.9. The Morgan fingerprint density at radius 2 is 1.11 bits per heavy atom. The Kier molecular flexibility index (Phi) is 9.29. The number of amides is 2. The SMILES string of the molecule is COc1ccc2c(c1)CC/C2=N/NC(=O)CCCCCCCC(=O)N/N=C1\CCc2cc(OC)ccc21. The molecule has 4 rings (SSSR count). The number of ether oxygens (including phenoxy) is 2. The lowest BCUT2D eigenvalue weighted by atomic mass is 10.1. The van der Waals surface area contributed by atoms with Crippen LogP contribution in [0.2, 0.25) is 0 Å². The monoisotopic (exact) mass is 504 g/mol. The normalized spacial score (nSPS) is 15.9. The molecular formula is C29H36N4O4. The molecule has 2 aromatic carbocycles. The molecule has 0 heterocycles. The summed E-state index contributed by atoms with van der Waals surface area (Å²) in [5.41, 5.74) is 11.8. The van der Waals surface area contributed by atoms with Crippen molar-refractivity contribution in [2.45, 2.75) is 70.6 Å². The van der Waals surface area contributed by atoms with Crippen LogP contribution in [-0.2, 0) is 22.4 Å². The number of methoxy groups -OCH3 is 2. The first-order chi connectivity index (χ1) is 18.1. The molecular weight excluding hydrogens is 468 g/mol. The summed E-state index contributed by atoms with van der Waals surface area (Å²) in [6.45, 7) is 0. The van der Waals surface area contributed by atoms with E-state index >= 15 is 0 Å². The lowest BCUT2D eigenvalue weighted by Gasteiger charge is -2.05. The highest BCUT2D eigenvalue weighted by Crippen LogP contribution is 2.27. The number of benzene rings is 2. The van der Waals surface area contributed by atoms with Crippen molar-refractivity contribution < 1.29 is 19.1 Å². The number of carbonyl (C=O) groups is 2. The largest absolute Gasteiger partial charge is 0.497 e. The van der Waals surface area contributed by atoms with Crippen molar-refractivity contribution in [2.24, 2.45) is 10.2 Å². The van der Waals surface area contributed by atoms with Gasteiger partial charge < -0.3 is 9.47 Å². The molecule has 0 atom stereocenters. The smallest absolute Gasteiger partial charge is 0.240 e. The van der Waals surface area contributed by atoms with Crippen LogP contribution in [0.25, 0.3) is 0 Å². The number of carbonyl (C=O) groups excluding carboxylic acids is 2. The minimum absolute atomic E-state index is 0.0557. The van der Waals surface area contributed by atoms with Gasteiger partial charge in [0.25, 0.3) is 0 Å². The van der Waals surface area contributed by atoms with Crippen molar-refractivity contribution in [1.29, 1.82) is 0 Å². The van der Waals surface area contributed by atoms with Crippen molar-refractivity contribution in [1.82, 2.24) is 10.9 Å². The van der Waals surface area contributed by atoms with E-state index in [1.165, 1.54) is 11.1 Å². The third kappa shape index (κ3) is 7.18. The highest BCUT2D eigenvalue weighted by molar-refractivity contribution is 6.05. The first-order valence-electron chi connectivity index (χ1n) is 13.1. The van der Waals surface area contributed by atoms with E-state index in [1.807, 2.05) is 36.4 Å². The van der Waals surface area contributed by atoms with E-state index in [0.717, 1.165) is 91.8 Å². The molecule has 2 aromatic rings. The first kappa shape index (κ1) is 26.4. The van der Waals surface area contributed by atoms with Gasteiger partial charge in [-0.3, -0.25) is 9.59 Å². The standard InChI is InChI=1S/C29H36N4O4/c1-36-22-12-14-24-20(18-22)10-16-26(24)30-32-28(34)8-6-4-3-5-7-9-29(35)33-31-27-17-11-21-19-23(37-2)13-15-25(21)27/h12-15,18-19H,3-11,16-17H2,1-2H3,(H,32,34)(H,33,35)/b30-26-,31-27+. The number of fused-ring (bicyclic) bond motifs is 2. The van der Waals surface area contributed by atoms with E-state index < -0.39 is 0 Å². The van der Waals surface area contributed by atoms with Crippen LogP contribution in [-0.4, -0.2) is 37.5 Å². The summed E-state index contributed by atoms with van der Waals surface area (Å²) in [7, 11) is 3.32. The van der Waals surface area contributed by atoms with E-state index in [9.17, 15) is 9.59 Å². The van der Waals surface area contributed by atoms with E-state index in [2.05, 4.69) is 21.1 Å². The third-order valence-corrected chi connectivity index (χ3v) is 6.95. The van der Waals surface area contributed by atoms with Gasteiger partial charge in [-0.2, -0.15) is 10.2 Å². The molecule has 0 unspecified atom stereocenters. The van der Waals surface area contributed by atoms with Gasteiger partial charge in [-0.05, 0) is 86.1 Å². The number of hydrazone groups is 2. The fourth-order valence-corrected chi connectivity index (χ4v) is 4.85. The fraction of sp³-hybridized carbons (Fsp3) is 0.448. The number of unbranched alkanes of at least 4 members (excludes halogenated alkanes) is 4. The van der Waals surface area contributed by atoms with Crippen molar-refractivity contribution in [3.63, 3.8) is 0 Å². The zero-order valence-corrected chi connectivity index (χ0v) is 21.8. The van der Waals surface area contributed by atoms with Crippen LogP contribution < -0.4 is 20.3 Å². The van der Waals surface area contributed by atoms with Crippen LogP contribution in [0.4, 0.5) is 0 Å². The molecule has 0 saturated heterocycles. The van der Waals surface area contributed by atoms with E-state index in [1.54, 1.807) is 14.2 Å². The second kappa shape index (κ2) is 13.0. The molecule has 2 aliphatic rings. The van der Waals surface area contributed by atoms with Crippen LogP contribution in [0.3, 0.4) is 0 Å². The van der Waals surface area contributed by atoms with Crippen LogP contribution in [0.15, 0.2) is 46.6 Å². The molecule has 0 bridgehead atoms. The Bertz CT molecular complexity index is 1100. The molecule has 37 heavy (non-hydrogen) atoms. The first-order valence-corrected chi connectivity index (χ1v) is 13.1. The van der Waals surface area contributed by atoms with Gasteiger partial charge in [0, 0.05) is 24.0 Å². The van der Waals surface area contributed by atoms with Crippen molar-refractivity contribution in [2.75, 3.05) is 14.2 Å². The van der Waals surface area contributed by atoms with Gasteiger partial charge >= 0.3 is 0 Å². The third-order valence-electron chi connectivity index (χ3n) is 6.95. The van der Waals surface area contributed by atoms with Crippen molar-refractivity contribution in [3.8, 4) is 11.5 Å². The molecule has 0 spiro atoms. The molecule has 0 fully saturated rings. The number of aryl methyl sites for hydroxylation is 2. The molecule has 8 nitrogen and oxygen atoms in total. The molecule has 0 aromatic heterocycles. The molecule has 0 saturated carbocycles. The van der Waals surface area contributed by atoms with Crippen LogP contribution in [0.1, 0.15) is 80.0 Å². The Morgan fingerprint density at radius 1 is 0.676 bits per heavy atom. The molecule has 0 aliphatic heterocycles. The number of nitrogens with one attached hydrogen (secondary N) is 2. The molecule has 0 radical (unpaired) electrons. The Balaban J connectivity index is 1.06. The highest BCUT2D eigenvalue weighted by Gasteiger charge is 2.19. The maximum absolute atomic E-state index is 12.2. The summed E-state index contributed by atoms with van der Waals surface area (Å²) in [6.07, 6.45) is 8.92. The maximum atomic E-state index is 12.2. The highest BCUT2D eigenvalue weighted by atomic mass is 16.5. The lowest BCUT2D eigenvalue weighted by molar-refractivity contribution is -0.121. The molecule has 2 N–H and O–H groups in total. The van der Waals surface area contributed by atoms with Crippen LogP contribution in [0, 0.1) is 0 Å². The second-order valence-corrected chi connectivity index (χ2v) is 9.50. The van der Waals surface area contributed by atoms with E-state index in [4.69, 9.17) is 9.47 Å². The van der Waals surface area contributed by atoms with Gasteiger partial charge in [0.1, 0.15) is 11.5 Å². The Labute approximate surface area is 218 Å². The molecule has 8 heteroatoms. The van der Waals surface area contributed by atoms with Gasteiger partial charge in [-0.25, -0.2) is 10.9 Å². The summed E-state index contributed by atoms with van der Waals surface area (Å²) < 4.78 is 10.5. The second-order valence-electron chi connectivity index (χ2n) is 9.50. The zero-order chi connectivity index (χ0) is 26.0. The van der Waals surface area contributed by atoms with Gasteiger partial charge in [-0.1, -0.05) is 19.3 Å². The van der Waals surface area contributed by atoms with Crippen molar-refractivity contribution >= 4 is 23.2 Å². The Morgan fingerprint density at radius 3 is 1.54 bits per heavy atom. The van der Waals surface area contributed by atoms with Gasteiger partial charge in [0.15, 0.2) is 0 Å². The topological polar surface area (TPSA) is 101 Å². The zero-order valence-electron chi connectivity index (χ0n) is 21.8. The van der Waals surface area contributed by atoms with E-state index in [-0.39, 0.29) is 11.8 Å². The summed E-state index contributed by atoms with van der Waals surface area (Å²) >= 11 is 0. The summed E-state index contributed by atoms with van der Waals surface area (Å²) in [4.78, 5) is 24.3. The molecule has 2 aliphatic carbocycles. The van der Waals surface area contributed by atoms with Crippen LogP contribution in [0.5, 0.6) is 11.5 Å². The average Bonchev–Trinajstić information content (AvgIpc) is 3.52. The summed E-state index contributed by atoms with van der Waals surface area (Å²) in [5, 5.41) is 8.70. The quantitative estimate of drug-likeness (QED) is 0.324. The van der Waals surface area contributed by atoms with Crippen molar-refractivity contribution in [3.05, 3.63) is 58.7 Å². The van der Waals surface area contributed by atoms with Gasteiger partial charge in [-0.15, -0.1) is 0 Å². The van der Waals surface area contributed by atoms with E-state index in [0.29, 0.717) is 12.8 Å². The molecule has 2 amide bonds. The number of hydrogen-bond donors (Lipinski definition) is 2. The number of nitrogens with zero attached hydrogens (tertiary/aromatic N) is 2. The number of rotatable bonds is 12. The average molecular weight is 505 g/mol. The summed E-state index contributed by atoms with van der Waals surface area (Å²) in [5.74, 6) is 1.57. The maximum Gasteiger partial charge on any atom is 0.240 e. The van der Waals surface area contributed by atoms with Gasteiger partial charge in [0.05, 0.1) is 25.6 Å². The van der Waals surface area contributed by atoms with Gasteiger partial charge in [0.2, 0.25) is 11.8 Å². The predicted molar refractivity (Wildman–Crippen MR) is 144 cm³/mol. The Hall–Kier alpha value is -3.68. The fourth-order valence-electron chi connectivity index (χ4n) is 4.85. The van der Waals surface area contributed by atoms with Crippen LogP contribution >= 0.6 is 0 Å².